The molecule has 0 saturated carbocycles. The van der Waals surface area contributed by atoms with Gasteiger partial charge < -0.3 is 9.42 Å². The van der Waals surface area contributed by atoms with E-state index < -0.39 is 0 Å². The van der Waals surface area contributed by atoms with Gasteiger partial charge >= 0.3 is 0 Å². The van der Waals surface area contributed by atoms with Crippen molar-refractivity contribution in [1.29, 1.82) is 0 Å². The maximum Gasteiger partial charge on any atom is 0.222 e. The topological polar surface area (TPSA) is 59.2 Å². The van der Waals surface area contributed by atoms with Crippen LogP contribution in [0, 0.1) is 13.8 Å². The molecule has 1 fully saturated rings. The van der Waals surface area contributed by atoms with Crippen LogP contribution in [0.4, 0.5) is 0 Å². The summed E-state index contributed by atoms with van der Waals surface area (Å²) >= 11 is 1.93. The van der Waals surface area contributed by atoms with Crippen LogP contribution >= 0.6 is 11.3 Å². The molecular formula is C20H27N3O2S. The van der Waals surface area contributed by atoms with Gasteiger partial charge in [0.15, 0.2) is 0 Å². The molecule has 0 aromatic carbocycles. The summed E-state index contributed by atoms with van der Waals surface area (Å²) in [6.07, 6.45) is 8.32. The van der Waals surface area contributed by atoms with Gasteiger partial charge in [0.05, 0.1) is 16.4 Å². The number of carbonyl (C=O) groups excluding carboxylic acids is 1. The Labute approximate surface area is 158 Å². The van der Waals surface area contributed by atoms with E-state index in [-0.39, 0.29) is 5.91 Å². The summed E-state index contributed by atoms with van der Waals surface area (Å²) in [7, 11) is 0. The number of likely N-dealkylation sites (tertiary alicyclic amines) is 1. The van der Waals surface area contributed by atoms with Gasteiger partial charge in [0, 0.05) is 35.9 Å². The van der Waals surface area contributed by atoms with Crippen molar-refractivity contribution in [3.05, 3.63) is 32.6 Å². The maximum absolute atomic E-state index is 12.6. The highest BCUT2D eigenvalue weighted by molar-refractivity contribution is 7.11. The van der Waals surface area contributed by atoms with Crippen molar-refractivity contribution in [2.75, 3.05) is 13.1 Å². The van der Waals surface area contributed by atoms with Crippen LogP contribution in [0.3, 0.4) is 0 Å². The molecule has 140 valence electrons. The summed E-state index contributed by atoms with van der Waals surface area (Å²) in [6, 6.07) is 0. The van der Waals surface area contributed by atoms with Crippen LogP contribution in [0.15, 0.2) is 4.52 Å². The number of nitrogens with zero attached hydrogens (tertiary/aromatic N) is 3. The van der Waals surface area contributed by atoms with Gasteiger partial charge in [-0.25, -0.2) is 4.98 Å². The minimum atomic E-state index is 0.252. The summed E-state index contributed by atoms with van der Waals surface area (Å²) in [5.74, 6) is 1.63. The molecular weight excluding hydrogens is 346 g/mol. The van der Waals surface area contributed by atoms with Gasteiger partial charge in [-0.3, -0.25) is 4.79 Å². The van der Waals surface area contributed by atoms with E-state index in [1.807, 2.05) is 30.1 Å². The molecule has 6 heteroatoms. The van der Waals surface area contributed by atoms with Gasteiger partial charge in [0.25, 0.3) is 0 Å². The van der Waals surface area contributed by atoms with Crippen molar-refractivity contribution in [2.24, 2.45) is 0 Å². The molecule has 5 nitrogen and oxygen atoms in total. The van der Waals surface area contributed by atoms with Crippen LogP contribution in [0.5, 0.6) is 0 Å². The Balaban J connectivity index is 1.30. The van der Waals surface area contributed by atoms with Crippen molar-refractivity contribution >= 4 is 17.2 Å². The Hall–Kier alpha value is -1.69. The third-order valence-electron chi connectivity index (χ3n) is 5.83. The molecule has 3 heterocycles. The first-order chi connectivity index (χ1) is 12.6. The fourth-order valence-corrected chi connectivity index (χ4v) is 5.49. The Bertz CT molecular complexity index is 744. The number of piperidine rings is 1. The fourth-order valence-electron chi connectivity index (χ4n) is 4.17. The number of thiazole rings is 1. The molecule has 0 atom stereocenters. The second-order valence-electron chi connectivity index (χ2n) is 7.59. The van der Waals surface area contributed by atoms with Crippen molar-refractivity contribution in [1.82, 2.24) is 15.0 Å². The van der Waals surface area contributed by atoms with E-state index >= 15 is 0 Å². The third-order valence-corrected chi connectivity index (χ3v) is 7.15. The molecule has 2 aromatic heterocycles. The normalized spacial score (nSPS) is 18.2. The highest BCUT2D eigenvalue weighted by Crippen LogP contribution is 2.35. The third kappa shape index (κ3) is 3.56. The van der Waals surface area contributed by atoms with Crippen LogP contribution < -0.4 is 0 Å². The largest absolute Gasteiger partial charge is 0.361 e. The summed E-state index contributed by atoms with van der Waals surface area (Å²) in [6.45, 7) is 5.57. The molecule has 2 aliphatic rings. The second-order valence-corrected chi connectivity index (χ2v) is 8.70. The minimum absolute atomic E-state index is 0.252. The zero-order chi connectivity index (χ0) is 18.1. The van der Waals surface area contributed by atoms with E-state index in [1.165, 1.54) is 34.8 Å². The highest BCUT2D eigenvalue weighted by atomic mass is 32.1. The van der Waals surface area contributed by atoms with E-state index in [0.717, 1.165) is 55.8 Å². The monoisotopic (exact) mass is 373 g/mol. The first-order valence-electron chi connectivity index (χ1n) is 9.80. The SMILES string of the molecule is Cc1noc(C)c1CCC(=O)N1CCC(c2nc3c(s2)CCCC3)CC1. The van der Waals surface area contributed by atoms with E-state index in [4.69, 9.17) is 9.51 Å². The predicted octanol–water partition coefficient (Wildman–Crippen LogP) is 3.97. The smallest absolute Gasteiger partial charge is 0.222 e. The molecule has 26 heavy (non-hydrogen) atoms. The fraction of sp³-hybridized carbons (Fsp3) is 0.650. The van der Waals surface area contributed by atoms with Crippen LogP contribution in [-0.2, 0) is 24.1 Å². The van der Waals surface area contributed by atoms with Gasteiger partial charge in [0.1, 0.15) is 5.76 Å². The first-order valence-corrected chi connectivity index (χ1v) is 10.6. The van der Waals surface area contributed by atoms with Crippen LogP contribution in [-0.4, -0.2) is 34.0 Å². The molecule has 2 aromatic rings. The lowest BCUT2D eigenvalue weighted by molar-refractivity contribution is -0.132. The predicted molar refractivity (Wildman–Crippen MR) is 102 cm³/mol. The molecule has 0 radical (unpaired) electrons. The zero-order valence-corrected chi connectivity index (χ0v) is 16.5. The molecule has 1 aliphatic carbocycles. The lowest BCUT2D eigenvalue weighted by Gasteiger charge is -2.31. The lowest BCUT2D eigenvalue weighted by Crippen LogP contribution is -2.38. The Kier molecular flexibility index (Phi) is 5.11. The Morgan fingerprint density at radius 3 is 2.69 bits per heavy atom. The molecule has 0 N–H and O–H groups in total. The van der Waals surface area contributed by atoms with E-state index in [9.17, 15) is 4.79 Å². The van der Waals surface area contributed by atoms with Crippen LogP contribution in [0.1, 0.15) is 70.6 Å². The lowest BCUT2D eigenvalue weighted by atomic mass is 9.96. The molecule has 4 rings (SSSR count). The summed E-state index contributed by atoms with van der Waals surface area (Å²) in [4.78, 5) is 21.1. The number of aromatic nitrogens is 2. The summed E-state index contributed by atoms with van der Waals surface area (Å²) in [5.41, 5.74) is 3.34. The number of hydrogen-bond donors (Lipinski definition) is 0. The van der Waals surface area contributed by atoms with Crippen molar-refractivity contribution in [3.8, 4) is 0 Å². The van der Waals surface area contributed by atoms with Crippen LogP contribution in [0.25, 0.3) is 0 Å². The van der Waals surface area contributed by atoms with Crippen molar-refractivity contribution in [3.63, 3.8) is 0 Å². The number of rotatable bonds is 4. The van der Waals surface area contributed by atoms with E-state index in [2.05, 4.69) is 5.16 Å². The number of hydrogen-bond acceptors (Lipinski definition) is 5. The number of aryl methyl sites for hydroxylation is 4. The number of fused-ring (bicyclic) bond motifs is 1. The molecule has 1 saturated heterocycles. The average molecular weight is 374 g/mol. The van der Waals surface area contributed by atoms with Crippen LogP contribution in [0.2, 0.25) is 0 Å². The van der Waals surface area contributed by atoms with Gasteiger partial charge in [0.2, 0.25) is 5.91 Å². The molecule has 1 amide bonds. The Morgan fingerprint density at radius 1 is 1.23 bits per heavy atom. The molecule has 0 bridgehead atoms. The molecule has 1 aliphatic heterocycles. The van der Waals surface area contributed by atoms with Gasteiger partial charge in [-0.05, 0) is 58.8 Å². The molecule has 0 unspecified atom stereocenters. The zero-order valence-electron chi connectivity index (χ0n) is 15.7. The van der Waals surface area contributed by atoms with Gasteiger partial charge in [-0.1, -0.05) is 5.16 Å². The maximum atomic E-state index is 12.6. The number of amides is 1. The van der Waals surface area contributed by atoms with Crippen molar-refractivity contribution in [2.45, 2.75) is 71.1 Å². The number of carbonyl (C=O) groups is 1. The van der Waals surface area contributed by atoms with E-state index in [1.54, 1.807) is 0 Å². The average Bonchev–Trinajstić information content (AvgIpc) is 3.23. The molecule has 0 spiro atoms. The van der Waals surface area contributed by atoms with E-state index in [0.29, 0.717) is 12.3 Å². The standard InChI is InChI=1S/C20H27N3O2S/c1-13-16(14(2)25-22-13)7-8-19(24)23-11-9-15(10-12-23)20-21-17-5-3-4-6-18(17)26-20/h15H,3-12H2,1-2H3. The quantitative estimate of drug-likeness (QED) is 0.814. The second kappa shape index (κ2) is 7.51. The van der Waals surface area contributed by atoms with Crippen molar-refractivity contribution < 1.29 is 9.32 Å². The summed E-state index contributed by atoms with van der Waals surface area (Å²) < 4.78 is 5.19. The van der Waals surface area contributed by atoms with Gasteiger partial charge in [-0.2, -0.15) is 0 Å². The highest BCUT2D eigenvalue weighted by Gasteiger charge is 2.27. The minimum Gasteiger partial charge on any atom is -0.361 e. The first kappa shape index (κ1) is 17.7. The Morgan fingerprint density at radius 2 is 2.00 bits per heavy atom. The summed E-state index contributed by atoms with van der Waals surface area (Å²) in [5, 5.41) is 5.29. The van der Waals surface area contributed by atoms with Gasteiger partial charge in [-0.15, -0.1) is 11.3 Å².